The lowest BCUT2D eigenvalue weighted by molar-refractivity contribution is 0.0698. The number of amides is 1. The molecule has 3 aromatic carbocycles. The van der Waals surface area contributed by atoms with E-state index in [1.807, 2.05) is 38.1 Å². The van der Waals surface area contributed by atoms with Crippen LogP contribution in [-0.2, 0) is 26.6 Å². The Kier molecular flexibility index (Phi) is 7.72. The van der Waals surface area contributed by atoms with Gasteiger partial charge in [-0.3, -0.25) is 9.10 Å². The maximum atomic E-state index is 13.1. The fourth-order valence-electron chi connectivity index (χ4n) is 4.29. The Morgan fingerprint density at radius 3 is 1.97 bits per heavy atom. The predicted molar refractivity (Wildman–Crippen MR) is 144 cm³/mol. The average Bonchev–Trinajstić information content (AvgIpc) is 2.87. The number of anilines is 1. The molecule has 196 valence electrons. The number of benzene rings is 3. The number of piperazine rings is 1. The molecular formula is C27H31N3O5S2. The predicted octanol–water partition coefficient (Wildman–Crippen LogP) is 3.42. The summed E-state index contributed by atoms with van der Waals surface area (Å²) < 4.78 is 53.7. The molecule has 10 heteroatoms. The van der Waals surface area contributed by atoms with Crippen molar-refractivity contribution in [3.8, 4) is 0 Å². The van der Waals surface area contributed by atoms with Gasteiger partial charge in [-0.15, -0.1) is 0 Å². The molecule has 1 saturated heterocycles. The first-order valence-corrected chi connectivity index (χ1v) is 15.2. The van der Waals surface area contributed by atoms with Crippen molar-refractivity contribution in [1.29, 1.82) is 0 Å². The number of nitrogens with zero attached hydrogens (tertiary/aromatic N) is 3. The van der Waals surface area contributed by atoms with Crippen LogP contribution in [0.2, 0.25) is 0 Å². The molecule has 1 aliphatic heterocycles. The topological polar surface area (TPSA) is 95.1 Å². The second-order valence-electron chi connectivity index (χ2n) is 9.25. The van der Waals surface area contributed by atoms with Gasteiger partial charge in [0.2, 0.25) is 20.0 Å². The molecule has 1 aliphatic rings. The maximum absolute atomic E-state index is 13.1. The van der Waals surface area contributed by atoms with E-state index in [1.54, 1.807) is 53.4 Å². The normalized spacial score (nSPS) is 14.9. The Hall–Kier alpha value is -3.21. The molecule has 1 heterocycles. The third kappa shape index (κ3) is 6.03. The third-order valence-corrected chi connectivity index (χ3v) is 9.62. The van der Waals surface area contributed by atoms with Crippen molar-refractivity contribution < 1.29 is 21.6 Å². The lowest BCUT2D eigenvalue weighted by atomic mass is 10.1. The summed E-state index contributed by atoms with van der Waals surface area (Å²) in [6, 6.07) is 20.8. The van der Waals surface area contributed by atoms with Gasteiger partial charge in [0.1, 0.15) is 0 Å². The van der Waals surface area contributed by atoms with Gasteiger partial charge < -0.3 is 4.90 Å². The largest absolute Gasteiger partial charge is 0.336 e. The summed E-state index contributed by atoms with van der Waals surface area (Å²) in [5.74, 6) is -0.219. The molecule has 0 N–H and O–H groups in total. The summed E-state index contributed by atoms with van der Waals surface area (Å²) in [7, 11) is -7.17. The highest BCUT2D eigenvalue weighted by Gasteiger charge is 2.30. The van der Waals surface area contributed by atoms with Gasteiger partial charge in [0.25, 0.3) is 5.91 Å². The minimum Gasteiger partial charge on any atom is -0.336 e. The van der Waals surface area contributed by atoms with Gasteiger partial charge in [-0.05, 0) is 61.4 Å². The van der Waals surface area contributed by atoms with Gasteiger partial charge in [0.05, 0.1) is 23.4 Å². The van der Waals surface area contributed by atoms with Crippen LogP contribution < -0.4 is 4.31 Å². The summed E-state index contributed by atoms with van der Waals surface area (Å²) in [5, 5.41) is 0. The monoisotopic (exact) mass is 541 g/mol. The van der Waals surface area contributed by atoms with Gasteiger partial charge in [-0.1, -0.05) is 42.0 Å². The van der Waals surface area contributed by atoms with Crippen molar-refractivity contribution in [2.24, 2.45) is 0 Å². The third-order valence-electron chi connectivity index (χ3n) is 6.56. The van der Waals surface area contributed by atoms with Crippen LogP contribution in [0.4, 0.5) is 5.69 Å². The second-order valence-corrected chi connectivity index (χ2v) is 13.1. The SMILES string of the molecule is Cc1ccc(S(=O)(=O)N2CCN(C(=O)c3ccc(N(Cc4ccccc4C)S(C)(=O)=O)cc3)CC2)cc1. The van der Waals surface area contributed by atoms with E-state index >= 15 is 0 Å². The van der Waals surface area contributed by atoms with E-state index in [0.717, 1.165) is 22.9 Å². The van der Waals surface area contributed by atoms with Gasteiger partial charge in [-0.25, -0.2) is 16.8 Å². The van der Waals surface area contributed by atoms with E-state index in [4.69, 9.17) is 0 Å². The molecule has 0 radical (unpaired) electrons. The Morgan fingerprint density at radius 2 is 1.41 bits per heavy atom. The zero-order chi connectivity index (χ0) is 26.8. The molecule has 0 atom stereocenters. The number of hydrogen-bond acceptors (Lipinski definition) is 5. The first-order valence-electron chi connectivity index (χ1n) is 12.0. The molecule has 0 unspecified atom stereocenters. The van der Waals surface area contributed by atoms with Crippen molar-refractivity contribution in [3.05, 3.63) is 95.1 Å². The zero-order valence-electron chi connectivity index (χ0n) is 21.2. The van der Waals surface area contributed by atoms with Gasteiger partial charge in [0, 0.05) is 31.7 Å². The summed E-state index contributed by atoms with van der Waals surface area (Å²) in [4.78, 5) is 15.0. The van der Waals surface area contributed by atoms with E-state index in [2.05, 4.69) is 0 Å². The summed E-state index contributed by atoms with van der Waals surface area (Å²) in [6.45, 7) is 4.98. The molecule has 0 aliphatic carbocycles. The van der Waals surface area contributed by atoms with E-state index in [1.165, 1.54) is 8.61 Å². The standard InChI is InChI=1S/C27H31N3O5S2/c1-21-8-14-26(15-9-21)37(34,35)29-18-16-28(17-19-29)27(31)23-10-12-25(13-11-23)30(36(3,32)33)20-24-7-5-4-6-22(24)2/h4-15H,16-20H2,1-3H3. The molecule has 1 fully saturated rings. The molecule has 0 bridgehead atoms. The van der Waals surface area contributed by atoms with Crippen LogP contribution in [0.15, 0.2) is 77.7 Å². The fourth-order valence-corrected chi connectivity index (χ4v) is 6.59. The summed E-state index contributed by atoms with van der Waals surface area (Å²) in [5.41, 5.74) is 3.76. The molecule has 37 heavy (non-hydrogen) atoms. The van der Waals surface area contributed by atoms with E-state index in [9.17, 15) is 21.6 Å². The summed E-state index contributed by atoms with van der Waals surface area (Å²) in [6.07, 6.45) is 1.16. The van der Waals surface area contributed by atoms with Crippen LogP contribution in [0, 0.1) is 13.8 Å². The Labute approximate surface area is 219 Å². The van der Waals surface area contributed by atoms with E-state index in [0.29, 0.717) is 11.3 Å². The van der Waals surface area contributed by atoms with Crippen molar-refractivity contribution >= 4 is 31.6 Å². The molecule has 0 saturated carbocycles. The van der Waals surface area contributed by atoms with Crippen LogP contribution in [0.1, 0.15) is 27.0 Å². The molecule has 1 amide bonds. The number of carbonyl (C=O) groups excluding carboxylic acids is 1. The van der Waals surface area contributed by atoms with Gasteiger partial charge in [0.15, 0.2) is 0 Å². The van der Waals surface area contributed by atoms with Gasteiger partial charge in [-0.2, -0.15) is 4.31 Å². The van der Waals surface area contributed by atoms with E-state index < -0.39 is 20.0 Å². The first kappa shape index (κ1) is 26.8. The number of sulfonamides is 2. The molecule has 0 spiro atoms. The highest BCUT2D eigenvalue weighted by atomic mass is 32.2. The van der Waals surface area contributed by atoms with Crippen LogP contribution in [0.25, 0.3) is 0 Å². The Morgan fingerprint density at radius 1 is 0.811 bits per heavy atom. The smallest absolute Gasteiger partial charge is 0.253 e. The van der Waals surface area contributed by atoms with Crippen LogP contribution >= 0.6 is 0 Å². The van der Waals surface area contributed by atoms with Crippen molar-refractivity contribution in [3.63, 3.8) is 0 Å². The minimum atomic E-state index is -3.62. The average molecular weight is 542 g/mol. The Balaban J connectivity index is 1.44. The van der Waals surface area contributed by atoms with Crippen molar-refractivity contribution in [2.45, 2.75) is 25.3 Å². The molecule has 3 aromatic rings. The lowest BCUT2D eigenvalue weighted by Gasteiger charge is -2.34. The first-order chi connectivity index (χ1) is 17.5. The fraction of sp³-hybridized carbons (Fsp3) is 0.296. The van der Waals surface area contributed by atoms with Crippen molar-refractivity contribution in [1.82, 2.24) is 9.21 Å². The highest BCUT2D eigenvalue weighted by molar-refractivity contribution is 7.92. The van der Waals surface area contributed by atoms with Crippen molar-refractivity contribution in [2.75, 3.05) is 36.7 Å². The van der Waals surface area contributed by atoms with Crippen LogP contribution in [0.5, 0.6) is 0 Å². The number of hydrogen-bond donors (Lipinski definition) is 0. The molecule has 4 rings (SSSR count). The minimum absolute atomic E-state index is 0.191. The zero-order valence-corrected chi connectivity index (χ0v) is 22.8. The number of aryl methyl sites for hydroxylation is 2. The number of carbonyl (C=O) groups is 1. The van der Waals surface area contributed by atoms with E-state index in [-0.39, 0.29) is 43.5 Å². The molecular weight excluding hydrogens is 510 g/mol. The molecule has 8 nitrogen and oxygen atoms in total. The highest BCUT2D eigenvalue weighted by Crippen LogP contribution is 2.24. The van der Waals surface area contributed by atoms with Gasteiger partial charge >= 0.3 is 0 Å². The van der Waals surface area contributed by atoms with Crippen LogP contribution in [0.3, 0.4) is 0 Å². The molecule has 0 aromatic heterocycles. The Bertz CT molecular complexity index is 1480. The van der Waals surface area contributed by atoms with Crippen LogP contribution in [-0.4, -0.2) is 64.4 Å². The quantitative estimate of drug-likeness (QED) is 0.457. The summed E-state index contributed by atoms with van der Waals surface area (Å²) >= 11 is 0. The number of rotatable bonds is 7. The lowest BCUT2D eigenvalue weighted by Crippen LogP contribution is -2.50. The maximum Gasteiger partial charge on any atom is 0.253 e. The second kappa shape index (κ2) is 10.6.